The fraction of sp³-hybridized carbons (Fsp3) is 0.240. The Morgan fingerprint density at radius 1 is 0.943 bits per heavy atom. The van der Waals surface area contributed by atoms with E-state index in [1.54, 1.807) is 42.5 Å². The molecule has 2 heterocycles. The molecule has 2 aromatic carbocycles. The number of anilines is 2. The first kappa shape index (κ1) is 23.7. The summed E-state index contributed by atoms with van der Waals surface area (Å²) >= 11 is 0. The monoisotopic (exact) mass is 475 g/mol. The first-order valence-corrected chi connectivity index (χ1v) is 11.3. The Morgan fingerprint density at radius 2 is 1.54 bits per heavy atom. The second-order valence-corrected chi connectivity index (χ2v) is 8.21. The standard InChI is InChI=1S/C25H25N5O5/c1-2-3-13-28-21(26)20(22(32)27-25(28)35)29(14-16-9-5-4-6-10-16)19(31)15-30-23(33)17-11-7-8-12-18(17)24(30)34/h4-12H,2-3,13-15,26H2,1H3,(H,27,32,35). The Kier molecular flexibility index (Phi) is 6.63. The lowest BCUT2D eigenvalue weighted by molar-refractivity contribution is -0.119. The number of nitrogens with two attached hydrogens (primary N) is 1. The number of H-pyrrole nitrogens is 1. The predicted octanol–water partition coefficient (Wildman–Crippen LogP) is 1.75. The first-order chi connectivity index (χ1) is 16.8. The fourth-order valence-electron chi connectivity index (χ4n) is 4.04. The Bertz CT molecular complexity index is 1370. The van der Waals surface area contributed by atoms with Crippen LogP contribution in [-0.4, -0.2) is 38.7 Å². The molecule has 0 fully saturated rings. The first-order valence-electron chi connectivity index (χ1n) is 11.3. The second-order valence-electron chi connectivity index (χ2n) is 8.21. The lowest BCUT2D eigenvalue weighted by atomic mass is 10.1. The second kappa shape index (κ2) is 9.80. The smallest absolute Gasteiger partial charge is 0.330 e. The molecule has 0 aliphatic carbocycles. The van der Waals surface area contributed by atoms with Crippen molar-refractivity contribution in [2.45, 2.75) is 32.9 Å². The molecule has 1 aromatic heterocycles. The number of unbranched alkanes of at least 4 members (excludes halogenated alkanes) is 1. The van der Waals surface area contributed by atoms with Crippen LogP contribution in [0, 0.1) is 0 Å². The van der Waals surface area contributed by atoms with Gasteiger partial charge in [0.15, 0.2) is 5.69 Å². The molecule has 0 unspecified atom stereocenters. The summed E-state index contributed by atoms with van der Waals surface area (Å²) in [6.07, 6.45) is 1.42. The zero-order valence-electron chi connectivity index (χ0n) is 19.2. The van der Waals surface area contributed by atoms with E-state index in [1.165, 1.54) is 16.7 Å². The number of rotatable bonds is 8. The molecule has 0 bridgehead atoms. The van der Waals surface area contributed by atoms with Crippen molar-refractivity contribution in [3.8, 4) is 0 Å². The number of carbonyl (C=O) groups is 3. The summed E-state index contributed by atoms with van der Waals surface area (Å²) in [5.74, 6) is -2.03. The lowest BCUT2D eigenvalue weighted by Gasteiger charge is -2.26. The number of aromatic amines is 1. The highest BCUT2D eigenvalue weighted by molar-refractivity contribution is 6.22. The van der Waals surface area contributed by atoms with Crippen LogP contribution in [0.1, 0.15) is 46.0 Å². The summed E-state index contributed by atoms with van der Waals surface area (Å²) in [4.78, 5) is 68.6. The SMILES string of the molecule is CCCCn1c(N)c(N(Cc2ccccc2)C(=O)CN2C(=O)c3ccccc3C2=O)c(=O)[nH]c1=O. The van der Waals surface area contributed by atoms with Gasteiger partial charge in [0.05, 0.1) is 17.7 Å². The van der Waals surface area contributed by atoms with E-state index < -0.39 is 35.5 Å². The number of hydrogen-bond donors (Lipinski definition) is 2. The summed E-state index contributed by atoms with van der Waals surface area (Å²) in [5, 5.41) is 0. The molecule has 4 rings (SSSR count). The van der Waals surface area contributed by atoms with Gasteiger partial charge in [-0.25, -0.2) is 4.79 Å². The summed E-state index contributed by atoms with van der Waals surface area (Å²) in [6, 6.07) is 15.2. The molecule has 1 aliphatic heterocycles. The highest BCUT2D eigenvalue weighted by atomic mass is 16.2. The van der Waals surface area contributed by atoms with Gasteiger partial charge in [-0.2, -0.15) is 0 Å². The molecule has 3 aromatic rings. The van der Waals surface area contributed by atoms with Gasteiger partial charge in [0.2, 0.25) is 5.91 Å². The van der Waals surface area contributed by atoms with Crippen molar-refractivity contribution < 1.29 is 14.4 Å². The van der Waals surface area contributed by atoms with Gasteiger partial charge in [0, 0.05) is 6.54 Å². The topological polar surface area (TPSA) is 139 Å². The van der Waals surface area contributed by atoms with Crippen molar-refractivity contribution in [3.63, 3.8) is 0 Å². The van der Waals surface area contributed by atoms with Crippen molar-refractivity contribution in [2.75, 3.05) is 17.2 Å². The van der Waals surface area contributed by atoms with Crippen molar-refractivity contribution in [1.82, 2.24) is 14.5 Å². The van der Waals surface area contributed by atoms with Gasteiger partial charge in [-0.3, -0.25) is 38.5 Å². The van der Waals surface area contributed by atoms with Crippen molar-refractivity contribution in [3.05, 3.63) is 92.1 Å². The van der Waals surface area contributed by atoms with Crippen molar-refractivity contribution in [2.24, 2.45) is 0 Å². The number of hydrogen-bond acceptors (Lipinski definition) is 6. The van der Waals surface area contributed by atoms with E-state index in [0.717, 1.165) is 16.2 Å². The summed E-state index contributed by atoms with van der Waals surface area (Å²) in [5.41, 5.74) is 5.67. The van der Waals surface area contributed by atoms with E-state index in [1.807, 2.05) is 6.92 Å². The van der Waals surface area contributed by atoms with Gasteiger partial charge in [0.1, 0.15) is 12.4 Å². The van der Waals surface area contributed by atoms with Crippen LogP contribution in [0.3, 0.4) is 0 Å². The van der Waals surface area contributed by atoms with Gasteiger partial charge >= 0.3 is 5.69 Å². The van der Waals surface area contributed by atoms with Crippen LogP contribution >= 0.6 is 0 Å². The van der Waals surface area contributed by atoms with E-state index in [0.29, 0.717) is 12.0 Å². The molecular formula is C25H25N5O5. The molecule has 0 atom stereocenters. The molecular weight excluding hydrogens is 450 g/mol. The third kappa shape index (κ3) is 4.50. The number of carbonyl (C=O) groups excluding carboxylic acids is 3. The average Bonchev–Trinajstić information content (AvgIpc) is 3.08. The van der Waals surface area contributed by atoms with Gasteiger partial charge in [-0.1, -0.05) is 55.8 Å². The maximum absolute atomic E-state index is 13.5. The number of aromatic nitrogens is 2. The van der Waals surface area contributed by atoms with Crippen molar-refractivity contribution in [1.29, 1.82) is 0 Å². The largest absolute Gasteiger partial charge is 0.383 e. The lowest BCUT2D eigenvalue weighted by Crippen LogP contribution is -2.46. The maximum Gasteiger partial charge on any atom is 0.330 e. The number of nitrogens with zero attached hydrogens (tertiary/aromatic N) is 3. The normalized spacial score (nSPS) is 12.7. The molecule has 0 radical (unpaired) electrons. The van der Waals surface area contributed by atoms with E-state index in [-0.39, 0.29) is 35.7 Å². The van der Waals surface area contributed by atoms with Crippen LogP contribution in [0.2, 0.25) is 0 Å². The Hall–Kier alpha value is -4.47. The minimum absolute atomic E-state index is 0.0535. The van der Waals surface area contributed by atoms with E-state index >= 15 is 0 Å². The van der Waals surface area contributed by atoms with Crippen LogP contribution in [-0.2, 0) is 17.9 Å². The number of amides is 3. The third-order valence-corrected chi connectivity index (χ3v) is 5.88. The van der Waals surface area contributed by atoms with Crippen LogP contribution in [0.15, 0.2) is 64.2 Å². The van der Waals surface area contributed by atoms with Gasteiger partial charge in [0.25, 0.3) is 17.4 Å². The molecule has 3 N–H and O–H groups in total. The number of benzene rings is 2. The molecule has 180 valence electrons. The number of nitrogens with one attached hydrogen (secondary N) is 1. The molecule has 10 heteroatoms. The molecule has 0 spiro atoms. The zero-order chi connectivity index (χ0) is 25.1. The van der Waals surface area contributed by atoms with Gasteiger partial charge in [-0.05, 0) is 24.1 Å². The van der Waals surface area contributed by atoms with Crippen molar-refractivity contribution >= 4 is 29.2 Å². The van der Waals surface area contributed by atoms with Crippen LogP contribution in [0.5, 0.6) is 0 Å². The maximum atomic E-state index is 13.5. The summed E-state index contributed by atoms with van der Waals surface area (Å²) in [6.45, 7) is 1.56. The number of imide groups is 1. The third-order valence-electron chi connectivity index (χ3n) is 5.88. The molecule has 35 heavy (non-hydrogen) atoms. The Morgan fingerprint density at radius 3 is 2.14 bits per heavy atom. The minimum atomic E-state index is -0.827. The van der Waals surface area contributed by atoms with Crippen LogP contribution in [0.25, 0.3) is 0 Å². The highest BCUT2D eigenvalue weighted by Gasteiger charge is 2.38. The van der Waals surface area contributed by atoms with E-state index in [2.05, 4.69) is 4.98 Å². The highest BCUT2D eigenvalue weighted by Crippen LogP contribution is 2.24. The average molecular weight is 476 g/mol. The summed E-state index contributed by atoms with van der Waals surface area (Å²) < 4.78 is 1.22. The summed E-state index contributed by atoms with van der Waals surface area (Å²) in [7, 11) is 0. The molecule has 0 saturated carbocycles. The zero-order valence-corrected chi connectivity index (χ0v) is 19.2. The van der Waals surface area contributed by atoms with Crippen LogP contribution in [0.4, 0.5) is 11.5 Å². The Labute approximate surface area is 200 Å². The number of nitrogen functional groups attached to an aromatic ring is 1. The quantitative estimate of drug-likeness (QED) is 0.476. The van der Waals surface area contributed by atoms with Gasteiger partial charge in [-0.15, -0.1) is 0 Å². The minimum Gasteiger partial charge on any atom is -0.383 e. The van der Waals surface area contributed by atoms with E-state index in [4.69, 9.17) is 5.73 Å². The molecule has 3 amide bonds. The van der Waals surface area contributed by atoms with E-state index in [9.17, 15) is 24.0 Å². The number of fused-ring (bicyclic) bond motifs is 1. The molecule has 0 saturated heterocycles. The molecule has 10 nitrogen and oxygen atoms in total. The fourth-order valence-corrected chi connectivity index (χ4v) is 4.04. The predicted molar refractivity (Wildman–Crippen MR) is 130 cm³/mol. The Balaban J connectivity index is 1.74. The van der Waals surface area contributed by atoms with Gasteiger partial charge < -0.3 is 5.73 Å². The molecule has 1 aliphatic rings. The van der Waals surface area contributed by atoms with Crippen LogP contribution < -0.4 is 21.9 Å².